The van der Waals surface area contributed by atoms with Crippen molar-refractivity contribution in [2.24, 2.45) is 0 Å². The van der Waals surface area contributed by atoms with Crippen LogP contribution in [0.4, 0.5) is 4.79 Å². The number of hydrogen-bond acceptors (Lipinski definition) is 6. The molecule has 1 aliphatic rings. The number of aliphatic carboxylic acids is 1. The first kappa shape index (κ1) is 17.8. The van der Waals surface area contributed by atoms with Crippen molar-refractivity contribution in [2.75, 3.05) is 13.2 Å². The lowest BCUT2D eigenvalue weighted by Crippen LogP contribution is -2.29. The van der Waals surface area contributed by atoms with E-state index < -0.39 is 12.6 Å². The summed E-state index contributed by atoms with van der Waals surface area (Å²) in [6, 6.07) is 3.12. The third-order valence-electron chi connectivity index (χ3n) is 2.84. The number of carboxylic acids is 1. The van der Waals surface area contributed by atoms with Crippen molar-refractivity contribution >= 4 is 62.5 Å². The second-order valence-electron chi connectivity index (χ2n) is 4.40. The Bertz CT molecular complexity index is 698. The minimum Gasteiger partial charge on any atom is -0.546 e. The van der Waals surface area contributed by atoms with Crippen molar-refractivity contribution in [3.63, 3.8) is 0 Å². The molecule has 0 bridgehead atoms. The average molecular weight is 420 g/mol. The Morgan fingerprint density at radius 3 is 2.70 bits per heavy atom. The lowest BCUT2D eigenvalue weighted by molar-refractivity contribution is -0.307. The zero-order valence-corrected chi connectivity index (χ0v) is 15.0. The molecule has 0 unspecified atom stereocenters. The fourth-order valence-electron chi connectivity index (χ4n) is 1.86. The van der Waals surface area contributed by atoms with Crippen LogP contribution in [0.3, 0.4) is 0 Å². The third kappa shape index (κ3) is 4.07. The summed E-state index contributed by atoms with van der Waals surface area (Å²) >= 11 is 10.1. The maximum absolute atomic E-state index is 12.0. The smallest absolute Gasteiger partial charge is 0.293 e. The van der Waals surface area contributed by atoms with Crippen molar-refractivity contribution in [3.8, 4) is 5.75 Å². The van der Waals surface area contributed by atoms with E-state index >= 15 is 0 Å². The van der Waals surface area contributed by atoms with Crippen LogP contribution in [0.2, 0.25) is 5.02 Å². The number of carbonyl (C=O) groups excluding carboxylic acids is 3. The van der Waals surface area contributed by atoms with E-state index in [-0.39, 0.29) is 21.9 Å². The maximum atomic E-state index is 12.0. The van der Waals surface area contributed by atoms with E-state index in [2.05, 4.69) is 15.9 Å². The summed E-state index contributed by atoms with van der Waals surface area (Å²) in [6.07, 6.45) is 1.54. The number of likely N-dealkylation sites (N-methyl/N-ethyl adjacent to an activating group) is 1. The maximum Gasteiger partial charge on any atom is 0.293 e. The molecule has 0 saturated carbocycles. The predicted molar refractivity (Wildman–Crippen MR) is 88.0 cm³/mol. The van der Waals surface area contributed by atoms with Crippen LogP contribution in [0.5, 0.6) is 5.75 Å². The fraction of sp³-hybridized carbons (Fsp3) is 0.214. The van der Waals surface area contributed by atoms with Gasteiger partial charge in [-0.15, -0.1) is 0 Å². The van der Waals surface area contributed by atoms with Crippen molar-refractivity contribution in [3.05, 3.63) is 32.1 Å². The molecule has 0 aromatic heterocycles. The van der Waals surface area contributed by atoms with Gasteiger partial charge in [-0.3, -0.25) is 14.5 Å². The Labute approximate surface area is 149 Å². The van der Waals surface area contributed by atoms with Crippen LogP contribution in [0.15, 0.2) is 21.5 Å². The van der Waals surface area contributed by atoms with Crippen LogP contribution in [0, 0.1) is 0 Å². The summed E-state index contributed by atoms with van der Waals surface area (Å²) in [6.45, 7) is 1.39. The highest BCUT2D eigenvalue weighted by atomic mass is 79.9. The monoisotopic (exact) mass is 418 g/mol. The molecule has 1 aromatic rings. The Balaban J connectivity index is 2.28. The van der Waals surface area contributed by atoms with Crippen LogP contribution in [0.25, 0.3) is 6.08 Å². The SMILES string of the molecule is CCN1C(=O)S/C(=C/c2cc(Cl)c(OCC(=O)[O-])c(Br)c2)C1=O. The van der Waals surface area contributed by atoms with Crippen molar-refractivity contribution in [2.45, 2.75) is 6.92 Å². The molecule has 2 rings (SSSR count). The van der Waals surface area contributed by atoms with Gasteiger partial charge in [0.15, 0.2) is 5.75 Å². The van der Waals surface area contributed by atoms with Crippen molar-refractivity contribution in [1.82, 2.24) is 4.90 Å². The molecule has 0 spiro atoms. The number of thioether (sulfide) groups is 1. The summed E-state index contributed by atoms with van der Waals surface area (Å²) in [7, 11) is 0. The second-order valence-corrected chi connectivity index (χ2v) is 6.66. The predicted octanol–water partition coefficient (Wildman–Crippen LogP) is 2.29. The first-order valence-electron chi connectivity index (χ1n) is 6.40. The van der Waals surface area contributed by atoms with Gasteiger partial charge in [-0.25, -0.2) is 0 Å². The quantitative estimate of drug-likeness (QED) is 0.681. The van der Waals surface area contributed by atoms with Crippen LogP contribution in [-0.4, -0.2) is 35.2 Å². The van der Waals surface area contributed by atoms with Gasteiger partial charge in [-0.1, -0.05) is 11.6 Å². The van der Waals surface area contributed by atoms with Crippen molar-refractivity contribution < 1.29 is 24.2 Å². The molecule has 1 saturated heterocycles. The van der Waals surface area contributed by atoms with Crippen LogP contribution >= 0.6 is 39.3 Å². The molecule has 0 aliphatic carbocycles. The number of amides is 2. The third-order valence-corrected chi connectivity index (χ3v) is 4.62. The first-order valence-corrected chi connectivity index (χ1v) is 8.39. The first-order chi connectivity index (χ1) is 10.8. The number of benzene rings is 1. The number of nitrogens with zero attached hydrogens (tertiary/aromatic N) is 1. The summed E-state index contributed by atoms with van der Waals surface area (Å²) in [4.78, 5) is 35.6. The largest absolute Gasteiger partial charge is 0.546 e. The minimum absolute atomic E-state index is 0.162. The molecule has 1 fully saturated rings. The van der Waals surface area contributed by atoms with Gasteiger partial charge in [0.25, 0.3) is 11.1 Å². The number of halogens is 2. The molecule has 1 aliphatic heterocycles. The van der Waals surface area contributed by atoms with E-state index in [9.17, 15) is 19.5 Å². The highest BCUT2D eigenvalue weighted by Gasteiger charge is 2.33. The van der Waals surface area contributed by atoms with Crippen LogP contribution in [-0.2, 0) is 9.59 Å². The highest BCUT2D eigenvalue weighted by molar-refractivity contribution is 9.10. The second kappa shape index (κ2) is 7.37. The molecule has 6 nitrogen and oxygen atoms in total. The summed E-state index contributed by atoms with van der Waals surface area (Å²) in [5.41, 5.74) is 0.573. The van der Waals surface area contributed by atoms with Gasteiger partial charge in [0, 0.05) is 6.54 Å². The highest BCUT2D eigenvalue weighted by Crippen LogP contribution is 2.37. The van der Waals surface area contributed by atoms with Crippen LogP contribution in [0.1, 0.15) is 12.5 Å². The zero-order valence-electron chi connectivity index (χ0n) is 11.8. The molecular weight excluding hydrogens is 410 g/mol. The molecule has 0 N–H and O–H groups in total. The average Bonchev–Trinajstić information content (AvgIpc) is 2.71. The summed E-state index contributed by atoms with van der Waals surface area (Å²) in [5, 5.41) is 10.3. The lowest BCUT2D eigenvalue weighted by atomic mass is 10.2. The molecule has 9 heteroatoms. The van der Waals surface area contributed by atoms with Gasteiger partial charge in [0.2, 0.25) is 0 Å². The van der Waals surface area contributed by atoms with E-state index in [1.165, 1.54) is 6.07 Å². The molecule has 23 heavy (non-hydrogen) atoms. The van der Waals surface area contributed by atoms with E-state index in [4.69, 9.17) is 16.3 Å². The van der Waals surface area contributed by atoms with E-state index in [0.717, 1.165) is 16.7 Å². The molecule has 0 atom stereocenters. The van der Waals surface area contributed by atoms with Gasteiger partial charge < -0.3 is 14.6 Å². The molecule has 0 radical (unpaired) electrons. The molecule has 2 amide bonds. The van der Waals surface area contributed by atoms with Gasteiger partial charge >= 0.3 is 0 Å². The number of carbonyl (C=O) groups is 3. The normalized spacial score (nSPS) is 16.3. The Morgan fingerprint density at radius 1 is 1.48 bits per heavy atom. The Hall–Kier alpha value is -1.51. The number of rotatable bonds is 5. The topological polar surface area (TPSA) is 86.7 Å². The minimum atomic E-state index is -1.37. The number of carboxylic acid groups (broad SMARTS) is 1. The Kier molecular flexibility index (Phi) is 5.72. The van der Waals surface area contributed by atoms with Gasteiger partial charge in [-0.2, -0.15) is 0 Å². The van der Waals surface area contributed by atoms with Gasteiger partial charge in [0.05, 0.1) is 20.4 Å². The molecule has 122 valence electrons. The van der Waals surface area contributed by atoms with Gasteiger partial charge in [-0.05, 0) is 58.4 Å². The number of ether oxygens (including phenoxy) is 1. The van der Waals surface area contributed by atoms with E-state index in [0.29, 0.717) is 21.5 Å². The Morgan fingerprint density at radius 2 is 2.17 bits per heavy atom. The summed E-state index contributed by atoms with van der Waals surface area (Å²) in [5.74, 6) is -1.56. The standard InChI is InChI=1S/C14H11BrClNO5S/c1-2-17-13(20)10(23-14(17)21)5-7-3-8(15)12(9(16)4-7)22-6-11(18)19/h3-5H,2,6H2,1H3,(H,18,19)/p-1/b10-5+. The molecular formula is C14H10BrClNO5S-. The lowest BCUT2D eigenvalue weighted by Gasteiger charge is -2.11. The number of hydrogen-bond donors (Lipinski definition) is 0. The van der Waals surface area contributed by atoms with E-state index in [1.807, 2.05) is 0 Å². The van der Waals surface area contributed by atoms with Gasteiger partial charge in [0.1, 0.15) is 6.61 Å². The number of imide groups is 1. The van der Waals surface area contributed by atoms with Crippen molar-refractivity contribution in [1.29, 1.82) is 0 Å². The van der Waals surface area contributed by atoms with Crippen LogP contribution < -0.4 is 9.84 Å². The fourth-order valence-corrected chi connectivity index (χ4v) is 3.75. The summed E-state index contributed by atoms with van der Waals surface area (Å²) < 4.78 is 5.45. The zero-order chi connectivity index (χ0) is 17.1. The van der Waals surface area contributed by atoms with E-state index in [1.54, 1.807) is 19.1 Å². The molecule has 1 heterocycles. The molecule has 1 aromatic carbocycles.